The lowest BCUT2D eigenvalue weighted by atomic mass is 10.2. The topological polar surface area (TPSA) is 77.9 Å². The van der Waals surface area contributed by atoms with E-state index in [2.05, 4.69) is 15.5 Å². The average molecular weight is 396 g/mol. The highest BCUT2D eigenvalue weighted by atomic mass is 35.5. The van der Waals surface area contributed by atoms with Crippen molar-refractivity contribution in [3.63, 3.8) is 0 Å². The molecule has 1 amide bonds. The fourth-order valence-electron chi connectivity index (χ4n) is 2.84. The molecule has 1 N–H and O–H groups in total. The van der Waals surface area contributed by atoms with Gasteiger partial charge in [-0.2, -0.15) is 10.2 Å². The Kier molecular flexibility index (Phi) is 4.99. The Bertz CT molecular complexity index is 1100. The molecule has 0 atom stereocenters. The van der Waals surface area contributed by atoms with Crippen LogP contribution in [0.3, 0.4) is 0 Å². The highest BCUT2D eigenvalue weighted by Gasteiger charge is 2.14. The molecule has 0 radical (unpaired) electrons. The van der Waals surface area contributed by atoms with Gasteiger partial charge in [-0.1, -0.05) is 29.8 Å². The van der Waals surface area contributed by atoms with Crippen LogP contribution in [0.25, 0.3) is 0 Å². The molecule has 0 bridgehead atoms. The Balaban J connectivity index is 1.44. The Morgan fingerprint density at radius 3 is 2.82 bits per heavy atom. The summed E-state index contributed by atoms with van der Waals surface area (Å²) >= 11 is 6.22. The van der Waals surface area contributed by atoms with Gasteiger partial charge in [-0.05, 0) is 36.8 Å². The lowest BCUT2D eigenvalue weighted by Crippen LogP contribution is -2.12. The van der Waals surface area contributed by atoms with Gasteiger partial charge in [0, 0.05) is 29.2 Å². The maximum Gasteiger partial charge on any atom is 0.292 e. The van der Waals surface area contributed by atoms with E-state index in [1.54, 1.807) is 27.7 Å². The van der Waals surface area contributed by atoms with E-state index < -0.39 is 0 Å². The van der Waals surface area contributed by atoms with Crippen molar-refractivity contribution in [3.05, 3.63) is 88.7 Å². The van der Waals surface area contributed by atoms with Crippen molar-refractivity contribution in [2.24, 2.45) is 0 Å². The molecule has 0 fully saturated rings. The standard InChI is InChI=1S/C20H18ClN5O2/c1-14-11-19(24-26(14)12-15-5-2-3-6-17(15)21)23-20(27)18-8-7-16(28-18)13-25-10-4-9-22-25/h2-11H,12-13H2,1H3,(H,23,24,27). The van der Waals surface area contributed by atoms with E-state index in [1.165, 1.54) is 0 Å². The minimum absolute atomic E-state index is 0.223. The van der Waals surface area contributed by atoms with Crippen LogP contribution in [0, 0.1) is 6.92 Å². The molecule has 0 spiro atoms. The molecule has 0 aliphatic rings. The summed E-state index contributed by atoms with van der Waals surface area (Å²) in [6, 6.07) is 14.7. The summed E-state index contributed by atoms with van der Waals surface area (Å²) in [7, 11) is 0. The number of anilines is 1. The van der Waals surface area contributed by atoms with E-state index in [1.807, 2.05) is 49.5 Å². The van der Waals surface area contributed by atoms with Crippen LogP contribution in [0.4, 0.5) is 5.82 Å². The van der Waals surface area contributed by atoms with Crippen LogP contribution in [0.1, 0.15) is 27.6 Å². The van der Waals surface area contributed by atoms with Crippen molar-refractivity contribution in [1.29, 1.82) is 0 Å². The zero-order valence-electron chi connectivity index (χ0n) is 15.2. The molecule has 3 heterocycles. The zero-order chi connectivity index (χ0) is 19.5. The van der Waals surface area contributed by atoms with Gasteiger partial charge in [-0.15, -0.1) is 0 Å². The zero-order valence-corrected chi connectivity index (χ0v) is 15.9. The summed E-state index contributed by atoms with van der Waals surface area (Å²) in [5.74, 6) is 0.975. The van der Waals surface area contributed by atoms with Gasteiger partial charge in [0.15, 0.2) is 11.6 Å². The molecule has 0 aliphatic carbocycles. The van der Waals surface area contributed by atoms with Crippen molar-refractivity contribution < 1.29 is 9.21 Å². The molecule has 28 heavy (non-hydrogen) atoms. The molecule has 7 nitrogen and oxygen atoms in total. The Morgan fingerprint density at radius 2 is 2.04 bits per heavy atom. The van der Waals surface area contributed by atoms with Crippen LogP contribution < -0.4 is 5.32 Å². The number of carbonyl (C=O) groups is 1. The quantitative estimate of drug-likeness (QED) is 0.535. The number of carbonyl (C=O) groups excluding carboxylic acids is 1. The van der Waals surface area contributed by atoms with Gasteiger partial charge in [0.25, 0.3) is 5.91 Å². The third-order valence-electron chi connectivity index (χ3n) is 4.26. The van der Waals surface area contributed by atoms with Crippen LogP contribution in [-0.4, -0.2) is 25.5 Å². The summed E-state index contributed by atoms with van der Waals surface area (Å²) < 4.78 is 9.13. The van der Waals surface area contributed by atoms with Gasteiger partial charge >= 0.3 is 0 Å². The average Bonchev–Trinajstić information content (AvgIpc) is 3.40. The number of nitrogens with zero attached hydrogens (tertiary/aromatic N) is 4. The summed E-state index contributed by atoms with van der Waals surface area (Å²) in [5, 5.41) is 12.0. The summed E-state index contributed by atoms with van der Waals surface area (Å²) in [6.45, 7) is 2.91. The number of halogens is 1. The third kappa shape index (κ3) is 3.99. The first-order valence-electron chi connectivity index (χ1n) is 8.74. The Hall–Kier alpha value is -3.32. The number of hydrogen-bond donors (Lipinski definition) is 1. The van der Waals surface area contributed by atoms with E-state index in [-0.39, 0.29) is 11.7 Å². The SMILES string of the molecule is Cc1cc(NC(=O)c2ccc(Cn3cccn3)o2)nn1Cc1ccccc1Cl. The van der Waals surface area contributed by atoms with Crippen LogP contribution in [0.5, 0.6) is 0 Å². The van der Waals surface area contributed by atoms with Gasteiger partial charge in [-0.3, -0.25) is 14.2 Å². The van der Waals surface area contributed by atoms with Crippen LogP contribution in [0.2, 0.25) is 5.02 Å². The van der Waals surface area contributed by atoms with Crippen molar-refractivity contribution >= 4 is 23.3 Å². The van der Waals surface area contributed by atoms with E-state index in [9.17, 15) is 4.79 Å². The van der Waals surface area contributed by atoms with E-state index in [0.29, 0.717) is 29.7 Å². The maximum atomic E-state index is 12.5. The maximum absolute atomic E-state index is 12.5. The minimum Gasteiger partial charge on any atom is -0.454 e. The summed E-state index contributed by atoms with van der Waals surface area (Å²) in [5.41, 5.74) is 1.87. The lowest BCUT2D eigenvalue weighted by Gasteiger charge is -2.06. The molecule has 0 unspecified atom stereocenters. The van der Waals surface area contributed by atoms with E-state index >= 15 is 0 Å². The first-order valence-corrected chi connectivity index (χ1v) is 9.11. The highest BCUT2D eigenvalue weighted by molar-refractivity contribution is 6.31. The fourth-order valence-corrected chi connectivity index (χ4v) is 3.03. The predicted molar refractivity (Wildman–Crippen MR) is 106 cm³/mol. The second-order valence-electron chi connectivity index (χ2n) is 6.34. The van der Waals surface area contributed by atoms with Crippen LogP contribution >= 0.6 is 11.6 Å². The highest BCUT2D eigenvalue weighted by Crippen LogP contribution is 2.19. The summed E-state index contributed by atoms with van der Waals surface area (Å²) in [4.78, 5) is 12.5. The van der Waals surface area contributed by atoms with Gasteiger partial charge in [-0.25, -0.2) is 0 Å². The number of rotatable bonds is 6. The number of aryl methyl sites for hydroxylation is 1. The lowest BCUT2D eigenvalue weighted by molar-refractivity contribution is 0.0994. The van der Waals surface area contributed by atoms with E-state index in [0.717, 1.165) is 11.3 Å². The second kappa shape index (κ2) is 7.74. The largest absolute Gasteiger partial charge is 0.454 e. The molecule has 8 heteroatoms. The molecular formula is C20H18ClN5O2. The monoisotopic (exact) mass is 395 g/mol. The number of benzene rings is 1. The van der Waals surface area contributed by atoms with Gasteiger partial charge < -0.3 is 9.73 Å². The van der Waals surface area contributed by atoms with Gasteiger partial charge in [0.2, 0.25) is 0 Å². The number of furan rings is 1. The summed E-state index contributed by atoms with van der Waals surface area (Å²) in [6.07, 6.45) is 3.52. The molecule has 0 saturated heterocycles. The molecule has 0 aliphatic heterocycles. The molecule has 3 aromatic heterocycles. The minimum atomic E-state index is -0.353. The van der Waals surface area contributed by atoms with Gasteiger partial charge in [0.05, 0.1) is 13.1 Å². The van der Waals surface area contributed by atoms with Crippen LogP contribution in [-0.2, 0) is 13.1 Å². The molecular weight excluding hydrogens is 378 g/mol. The van der Waals surface area contributed by atoms with Crippen molar-refractivity contribution in [1.82, 2.24) is 19.6 Å². The molecule has 0 saturated carbocycles. The molecule has 4 aromatic rings. The number of nitrogens with one attached hydrogen (secondary N) is 1. The normalized spacial score (nSPS) is 10.9. The van der Waals surface area contributed by atoms with Crippen molar-refractivity contribution in [2.75, 3.05) is 5.32 Å². The first-order chi connectivity index (χ1) is 13.6. The molecule has 142 valence electrons. The second-order valence-corrected chi connectivity index (χ2v) is 6.75. The molecule has 4 rings (SSSR count). The van der Waals surface area contributed by atoms with Crippen molar-refractivity contribution in [3.8, 4) is 0 Å². The smallest absolute Gasteiger partial charge is 0.292 e. The third-order valence-corrected chi connectivity index (χ3v) is 4.63. The number of hydrogen-bond acceptors (Lipinski definition) is 4. The number of amides is 1. The van der Waals surface area contributed by atoms with Crippen LogP contribution in [0.15, 0.2) is 65.3 Å². The van der Waals surface area contributed by atoms with Crippen molar-refractivity contribution in [2.45, 2.75) is 20.0 Å². The predicted octanol–water partition coefficient (Wildman–Crippen LogP) is 3.98. The Labute approximate surface area is 166 Å². The fraction of sp³-hybridized carbons (Fsp3) is 0.150. The molecule has 1 aromatic carbocycles. The van der Waals surface area contributed by atoms with E-state index in [4.69, 9.17) is 16.0 Å². The number of aromatic nitrogens is 4. The Morgan fingerprint density at radius 1 is 1.18 bits per heavy atom. The first kappa shape index (κ1) is 18.1. The van der Waals surface area contributed by atoms with Gasteiger partial charge in [0.1, 0.15) is 5.76 Å².